The van der Waals surface area contributed by atoms with Gasteiger partial charge in [0.05, 0.1) is 10.8 Å². The van der Waals surface area contributed by atoms with E-state index in [-0.39, 0.29) is 23.6 Å². The van der Waals surface area contributed by atoms with Gasteiger partial charge in [0.2, 0.25) is 0 Å². The molecule has 0 spiro atoms. The lowest BCUT2D eigenvalue weighted by atomic mass is 10.1. The normalized spacial score (nSPS) is 21.5. The van der Waals surface area contributed by atoms with Crippen LogP contribution in [-0.4, -0.2) is 11.8 Å². The van der Waals surface area contributed by atoms with Crippen LogP contribution < -0.4 is 5.73 Å². The highest BCUT2D eigenvalue weighted by Gasteiger charge is 2.45. The van der Waals surface area contributed by atoms with E-state index in [4.69, 9.17) is 10.6 Å². The van der Waals surface area contributed by atoms with Crippen LogP contribution in [0.25, 0.3) is 0 Å². The molecule has 1 fully saturated rings. The molecule has 3 rings (SSSR count). The van der Waals surface area contributed by atoms with Crippen molar-refractivity contribution in [2.24, 2.45) is 16.8 Å². The van der Waals surface area contributed by atoms with Crippen molar-refractivity contribution in [3.05, 3.63) is 58.3 Å². The highest BCUT2D eigenvalue weighted by Crippen LogP contribution is 2.48. The van der Waals surface area contributed by atoms with Gasteiger partial charge in [-0.2, -0.15) is 0 Å². The molecule has 1 aliphatic carbocycles. The molecule has 20 heavy (non-hydrogen) atoms. The Labute approximate surface area is 120 Å². The number of benzene rings is 1. The summed E-state index contributed by atoms with van der Waals surface area (Å²) in [6.45, 7) is 0. The number of oxime groups is 1. The smallest absolute Gasteiger partial charge is 0.338 e. The van der Waals surface area contributed by atoms with E-state index in [1.807, 2.05) is 47.8 Å². The summed E-state index contributed by atoms with van der Waals surface area (Å²) in [5.74, 6) is 0.0859. The molecule has 1 aromatic heterocycles. The number of nitrogens with two attached hydrogens (primary N) is 1. The van der Waals surface area contributed by atoms with Crippen LogP contribution >= 0.6 is 11.3 Å². The van der Waals surface area contributed by atoms with Gasteiger partial charge in [-0.15, -0.1) is 11.3 Å². The zero-order valence-electron chi connectivity index (χ0n) is 10.7. The lowest BCUT2D eigenvalue weighted by molar-refractivity contribution is -0.145. The number of rotatable bonds is 4. The second-order valence-electron chi connectivity index (χ2n) is 4.72. The van der Waals surface area contributed by atoms with Gasteiger partial charge in [0.25, 0.3) is 0 Å². The maximum atomic E-state index is 11.9. The predicted octanol–water partition coefficient (Wildman–Crippen LogP) is 2.72. The summed E-state index contributed by atoms with van der Waals surface area (Å²) in [6, 6.07) is 13.7. The summed E-state index contributed by atoms with van der Waals surface area (Å²) in [4.78, 5) is 17.6. The summed E-state index contributed by atoms with van der Waals surface area (Å²) >= 11 is 1.46. The van der Waals surface area contributed by atoms with E-state index in [9.17, 15) is 4.79 Å². The standard InChI is InChI=1S/C15H14N2O2S/c16-14(13-7-4-8-20-13)17-19-15(18)12-9-11(12)10-5-2-1-3-6-10/h1-8,11-12H,9H2,(H2,16,17). The lowest BCUT2D eigenvalue weighted by Gasteiger charge is -2.00. The fourth-order valence-electron chi connectivity index (χ4n) is 2.16. The van der Waals surface area contributed by atoms with Crippen LogP contribution in [0.2, 0.25) is 0 Å². The zero-order valence-corrected chi connectivity index (χ0v) is 11.5. The minimum absolute atomic E-state index is 0.0997. The van der Waals surface area contributed by atoms with Crippen molar-refractivity contribution in [1.29, 1.82) is 0 Å². The number of carbonyl (C=O) groups is 1. The number of carbonyl (C=O) groups excluding carboxylic acids is 1. The Bertz CT molecular complexity index is 623. The van der Waals surface area contributed by atoms with E-state index in [0.29, 0.717) is 0 Å². The molecule has 1 saturated carbocycles. The minimum Gasteiger partial charge on any atom is -0.380 e. The monoisotopic (exact) mass is 286 g/mol. The molecule has 4 nitrogen and oxygen atoms in total. The molecule has 1 aromatic carbocycles. The lowest BCUT2D eigenvalue weighted by Crippen LogP contribution is -2.14. The Morgan fingerprint density at radius 3 is 2.75 bits per heavy atom. The Morgan fingerprint density at radius 1 is 1.25 bits per heavy atom. The minimum atomic E-state index is -0.307. The predicted molar refractivity (Wildman–Crippen MR) is 78.4 cm³/mol. The zero-order chi connectivity index (χ0) is 13.9. The summed E-state index contributed by atoms with van der Waals surface area (Å²) in [5.41, 5.74) is 6.91. The van der Waals surface area contributed by atoms with Gasteiger partial charge in [-0.1, -0.05) is 41.6 Å². The van der Waals surface area contributed by atoms with Gasteiger partial charge in [0.15, 0.2) is 5.84 Å². The maximum Gasteiger partial charge on any atom is 0.338 e. The van der Waals surface area contributed by atoms with E-state index >= 15 is 0 Å². The topological polar surface area (TPSA) is 64.7 Å². The van der Waals surface area contributed by atoms with Gasteiger partial charge in [0.1, 0.15) is 0 Å². The number of hydrogen-bond donors (Lipinski definition) is 1. The largest absolute Gasteiger partial charge is 0.380 e. The van der Waals surface area contributed by atoms with Crippen molar-refractivity contribution in [1.82, 2.24) is 0 Å². The fourth-order valence-corrected chi connectivity index (χ4v) is 2.77. The molecule has 2 aromatic rings. The molecule has 102 valence electrons. The molecule has 5 heteroatoms. The Morgan fingerprint density at radius 2 is 2.05 bits per heavy atom. The number of amidine groups is 1. The second-order valence-corrected chi connectivity index (χ2v) is 5.67. The first-order valence-electron chi connectivity index (χ1n) is 6.39. The van der Waals surface area contributed by atoms with Gasteiger partial charge in [-0.25, -0.2) is 4.79 Å². The number of nitrogens with zero attached hydrogens (tertiary/aromatic N) is 1. The second kappa shape index (κ2) is 5.46. The van der Waals surface area contributed by atoms with Crippen molar-refractivity contribution >= 4 is 23.1 Å². The molecule has 2 unspecified atom stereocenters. The molecule has 2 N–H and O–H groups in total. The first kappa shape index (κ1) is 12.9. The van der Waals surface area contributed by atoms with Gasteiger partial charge < -0.3 is 10.6 Å². The van der Waals surface area contributed by atoms with Crippen LogP contribution in [0.5, 0.6) is 0 Å². The molecule has 0 radical (unpaired) electrons. The van der Waals surface area contributed by atoms with Crippen LogP contribution in [0, 0.1) is 5.92 Å². The van der Waals surface area contributed by atoms with Gasteiger partial charge in [-0.05, 0) is 29.3 Å². The molecule has 0 aliphatic heterocycles. The fraction of sp³-hybridized carbons (Fsp3) is 0.200. The summed E-state index contributed by atoms with van der Waals surface area (Å²) in [5, 5.41) is 5.61. The highest BCUT2D eigenvalue weighted by molar-refractivity contribution is 7.12. The van der Waals surface area contributed by atoms with Crippen molar-refractivity contribution in [2.45, 2.75) is 12.3 Å². The van der Waals surface area contributed by atoms with E-state index in [2.05, 4.69) is 5.16 Å². The molecular formula is C15H14N2O2S. The Balaban J connectivity index is 1.58. The number of thiophene rings is 1. The van der Waals surface area contributed by atoms with E-state index < -0.39 is 0 Å². The summed E-state index contributed by atoms with van der Waals surface area (Å²) in [6.07, 6.45) is 0.817. The van der Waals surface area contributed by atoms with Crippen molar-refractivity contribution in [3.63, 3.8) is 0 Å². The van der Waals surface area contributed by atoms with E-state index in [0.717, 1.165) is 11.3 Å². The molecule has 1 aliphatic rings. The van der Waals surface area contributed by atoms with Crippen LogP contribution in [0.15, 0.2) is 53.0 Å². The summed E-state index contributed by atoms with van der Waals surface area (Å²) < 4.78 is 0. The Hall–Kier alpha value is -2.14. The van der Waals surface area contributed by atoms with E-state index in [1.165, 1.54) is 16.9 Å². The molecule has 1 heterocycles. The van der Waals surface area contributed by atoms with Gasteiger partial charge in [-0.3, -0.25) is 0 Å². The van der Waals surface area contributed by atoms with Gasteiger partial charge in [0, 0.05) is 0 Å². The number of hydrogen-bond acceptors (Lipinski definition) is 4. The van der Waals surface area contributed by atoms with Crippen LogP contribution in [0.3, 0.4) is 0 Å². The van der Waals surface area contributed by atoms with Crippen molar-refractivity contribution < 1.29 is 9.63 Å². The molecule has 0 saturated heterocycles. The molecular weight excluding hydrogens is 272 g/mol. The van der Waals surface area contributed by atoms with Crippen molar-refractivity contribution in [2.75, 3.05) is 0 Å². The first-order chi connectivity index (χ1) is 9.75. The molecule has 2 atom stereocenters. The molecule has 0 amide bonds. The van der Waals surface area contributed by atoms with Crippen LogP contribution in [0.4, 0.5) is 0 Å². The third-order valence-corrected chi connectivity index (χ3v) is 4.22. The third-order valence-electron chi connectivity index (χ3n) is 3.33. The maximum absolute atomic E-state index is 11.9. The van der Waals surface area contributed by atoms with E-state index in [1.54, 1.807) is 0 Å². The third kappa shape index (κ3) is 2.72. The average Bonchev–Trinajstić information content (AvgIpc) is 3.10. The van der Waals surface area contributed by atoms with Gasteiger partial charge >= 0.3 is 5.97 Å². The average molecular weight is 286 g/mol. The Kier molecular flexibility index (Phi) is 3.52. The highest BCUT2D eigenvalue weighted by atomic mass is 32.1. The van der Waals surface area contributed by atoms with Crippen molar-refractivity contribution in [3.8, 4) is 0 Å². The van der Waals surface area contributed by atoms with Crippen LogP contribution in [0.1, 0.15) is 22.8 Å². The quantitative estimate of drug-likeness (QED) is 0.407. The SMILES string of the molecule is N/C(=N\OC(=O)C1CC1c1ccccc1)c1cccs1. The van der Waals surface area contributed by atoms with Crippen LogP contribution in [-0.2, 0) is 9.63 Å². The molecule has 0 bridgehead atoms. The summed E-state index contributed by atoms with van der Waals surface area (Å²) in [7, 11) is 0. The first-order valence-corrected chi connectivity index (χ1v) is 7.27.